The fraction of sp³-hybridized carbons (Fsp3) is 0.889. The predicted octanol–water partition coefficient (Wildman–Crippen LogP) is 0.870. The fourth-order valence-corrected chi connectivity index (χ4v) is 7.95. The van der Waals surface area contributed by atoms with E-state index in [2.05, 4.69) is 10.6 Å². The Bertz CT molecular complexity index is 637. The van der Waals surface area contributed by atoms with Crippen LogP contribution in [0.5, 0.6) is 0 Å². The van der Waals surface area contributed by atoms with Gasteiger partial charge < -0.3 is 10.6 Å². The maximum atomic E-state index is 12.8. The fourth-order valence-electron chi connectivity index (χ4n) is 6.09. The number of carbonyl (C=O) groups is 2. The van der Waals surface area contributed by atoms with Crippen LogP contribution in [0.2, 0.25) is 0 Å². The summed E-state index contributed by atoms with van der Waals surface area (Å²) in [5.74, 6) is 2.34. The summed E-state index contributed by atoms with van der Waals surface area (Å²) in [6.45, 7) is 0.380. The van der Waals surface area contributed by atoms with E-state index in [1.807, 2.05) is 0 Å². The lowest BCUT2D eigenvalue weighted by Gasteiger charge is -2.55. The molecule has 0 aromatic carbocycles. The summed E-state index contributed by atoms with van der Waals surface area (Å²) in [7, 11) is -2.92. The third-order valence-corrected chi connectivity index (χ3v) is 8.68. The molecule has 1 aliphatic heterocycles. The van der Waals surface area contributed by atoms with E-state index < -0.39 is 9.84 Å². The van der Waals surface area contributed by atoms with Gasteiger partial charge >= 0.3 is 0 Å². The van der Waals surface area contributed by atoms with E-state index in [1.54, 1.807) is 0 Å². The lowest BCUT2D eigenvalue weighted by Crippen LogP contribution is -2.54. The molecule has 0 unspecified atom stereocenters. The van der Waals surface area contributed by atoms with Crippen molar-refractivity contribution >= 4 is 21.7 Å². The van der Waals surface area contributed by atoms with Gasteiger partial charge in [0.25, 0.3) is 0 Å². The number of amides is 2. The Labute approximate surface area is 149 Å². The maximum absolute atomic E-state index is 12.8. The molecule has 7 heteroatoms. The van der Waals surface area contributed by atoms with Gasteiger partial charge in [0.2, 0.25) is 11.8 Å². The molecule has 0 aromatic rings. The number of carbonyl (C=O) groups excluding carboxylic acids is 2. The van der Waals surface area contributed by atoms with E-state index in [-0.39, 0.29) is 41.2 Å². The first-order chi connectivity index (χ1) is 11.8. The molecule has 4 aliphatic carbocycles. The van der Waals surface area contributed by atoms with Crippen LogP contribution in [0, 0.1) is 29.1 Å². The number of sulfone groups is 1. The minimum absolute atomic E-state index is 0.0000529. The Kier molecular flexibility index (Phi) is 4.33. The zero-order chi connectivity index (χ0) is 17.7. The van der Waals surface area contributed by atoms with Gasteiger partial charge in [-0.25, -0.2) is 8.42 Å². The summed E-state index contributed by atoms with van der Waals surface area (Å²) in [6, 6.07) is 0. The predicted molar refractivity (Wildman–Crippen MR) is 93.4 cm³/mol. The molecule has 5 aliphatic rings. The summed E-state index contributed by atoms with van der Waals surface area (Å²) in [4.78, 5) is 24.8. The van der Waals surface area contributed by atoms with Crippen LogP contribution in [0.4, 0.5) is 0 Å². The van der Waals surface area contributed by atoms with Crippen LogP contribution in [-0.2, 0) is 19.4 Å². The van der Waals surface area contributed by atoms with Gasteiger partial charge in [-0.1, -0.05) is 0 Å². The molecular formula is C18H28N2O4S. The van der Waals surface area contributed by atoms with Gasteiger partial charge in [0.15, 0.2) is 9.84 Å². The SMILES string of the molecule is O=C(CNC(=O)C12CC3CC(CC(C3)C1)C2)NC[C@@H]1CCS(=O)(=O)C1. The summed E-state index contributed by atoms with van der Waals surface area (Å²) in [6.07, 6.45) is 7.46. The molecular weight excluding hydrogens is 340 g/mol. The molecule has 1 saturated heterocycles. The van der Waals surface area contributed by atoms with Crippen molar-refractivity contribution in [2.45, 2.75) is 44.9 Å². The molecule has 25 heavy (non-hydrogen) atoms. The van der Waals surface area contributed by atoms with E-state index in [4.69, 9.17) is 0 Å². The van der Waals surface area contributed by atoms with E-state index in [0.29, 0.717) is 30.7 Å². The van der Waals surface area contributed by atoms with Gasteiger partial charge in [-0.15, -0.1) is 0 Å². The van der Waals surface area contributed by atoms with Crippen molar-refractivity contribution in [1.82, 2.24) is 10.6 Å². The molecule has 5 rings (SSSR count). The largest absolute Gasteiger partial charge is 0.354 e. The third-order valence-electron chi connectivity index (χ3n) is 6.84. The summed E-state index contributed by atoms with van der Waals surface area (Å²) < 4.78 is 22.9. The topological polar surface area (TPSA) is 92.3 Å². The Morgan fingerprint density at radius 3 is 2.08 bits per heavy atom. The lowest BCUT2D eigenvalue weighted by molar-refractivity contribution is -0.147. The van der Waals surface area contributed by atoms with E-state index in [1.165, 1.54) is 19.3 Å². The van der Waals surface area contributed by atoms with Crippen LogP contribution in [-0.4, -0.2) is 44.8 Å². The summed E-state index contributed by atoms with van der Waals surface area (Å²) >= 11 is 0. The van der Waals surface area contributed by atoms with Crippen molar-refractivity contribution in [3.63, 3.8) is 0 Å². The van der Waals surface area contributed by atoms with Crippen LogP contribution in [0.15, 0.2) is 0 Å². The molecule has 5 fully saturated rings. The first kappa shape index (κ1) is 17.3. The average Bonchev–Trinajstić information content (AvgIpc) is 2.88. The molecule has 0 aromatic heterocycles. The minimum atomic E-state index is -2.92. The molecule has 140 valence electrons. The Morgan fingerprint density at radius 2 is 1.56 bits per heavy atom. The van der Waals surface area contributed by atoms with Crippen LogP contribution < -0.4 is 10.6 Å². The van der Waals surface area contributed by atoms with Gasteiger partial charge in [-0.05, 0) is 68.6 Å². The smallest absolute Gasteiger partial charge is 0.239 e. The number of nitrogens with one attached hydrogen (secondary N) is 2. The molecule has 4 saturated carbocycles. The second-order valence-electron chi connectivity index (χ2n) is 8.95. The highest BCUT2D eigenvalue weighted by atomic mass is 32.2. The van der Waals surface area contributed by atoms with Crippen molar-refractivity contribution in [2.75, 3.05) is 24.6 Å². The lowest BCUT2D eigenvalue weighted by atomic mass is 9.49. The molecule has 0 radical (unpaired) electrons. The number of hydrogen-bond acceptors (Lipinski definition) is 4. The van der Waals surface area contributed by atoms with Gasteiger partial charge in [0.05, 0.1) is 18.1 Å². The van der Waals surface area contributed by atoms with Crippen LogP contribution in [0.3, 0.4) is 0 Å². The standard InChI is InChI=1S/C18H28N2O4S/c21-16(19-9-12-1-2-25(23,24)11-12)10-20-17(22)18-6-13-3-14(7-18)5-15(4-13)8-18/h12-15H,1-11H2,(H,19,21)(H,20,22)/t12-,13?,14?,15?,18?/m0/s1. The van der Waals surface area contributed by atoms with E-state index >= 15 is 0 Å². The molecule has 1 heterocycles. The zero-order valence-corrected chi connectivity index (χ0v) is 15.4. The van der Waals surface area contributed by atoms with Gasteiger partial charge in [-0.3, -0.25) is 9.59 Å². The Morgan fingerprint density at radius 1 is 0.960 bits per heavy atom. The quantitative estimate of drug-likeness (QED) is 0.753. The highest BCUT2D eigenvalue weighted by molar-refractivity contribution is 7.91. The van der Waals surface area contributed by atoms with Gasteiger partial charge in [0.1, 0.15) is 0 Å². The van der Waals surface area contributed by atoms with Crippen LogP contribution >= 0.6 is 0 Å². The van der Waals surface area contributed by atoms with Crippen molar-refractivity contribution in [1.29, 1.82) is 0 Å². The molecule has 4 bridgehead atoms. The van der Waals surface area contributed by atoms with Crippen molar-refractivity contribution in [2.24, 2.45) is 29.1 Å². The van der Waals surface area contributed by atoms with Gasteiger partial charge in [0, 0.05) is 12.0 Å². The monoisotopic (exact) mass is 368 g/mol. The van der Waals surface area contributed by atoms with Gasteiger partial charge in [-0.2, -0.15) is 0 Å². The Balaban J connectivity index is 1.24. The molecule has 2 N–H and O–H groups in total. The van der Waals surface area contributed by atoms with Crippen molar-refractivity contribution in [3.05, 3.63) is 0 Å². The maximum Gasteiger partial charge on any atom is 0.239 e. The third kappa shape index (κ3) is 3.57. The first-order valence-electron chi connectivity index (χ1n) is 9.59. The number of hydrogen-bond donors (Lipinski definition) is 2. The van der Waals surface area contributed by atoms with Crippen LogP contribution in [0.25, 0.3) is 0 Å². The molecule has 0 spiro atoms. The second-order valence-corrected chi connectivity index (χ2v) is 11.2. The molecule has 2 amide bonds. The highest BCUT2D eigenvalue weighted by Crippen LogP contribution is 2.60. The normalized spacial score (nSPS) is 40.8. The Hall–Kier alpha value is -1.11. The molecule has 1 atom stereocenters. The average molecular weight is 368 g/mol. The summed E-state index contributed by atoms with van der Waals surface area (Å²) in [5.41, 5.74) is -0.228. The minimum Gasteiger partial charge on any atom is -0.354 e. The second kappa shape index (κ2) is 6.25. The van der Waals surface area contributed by atoms with Crippen LogP contribution in [0.1, 0.15) is 44.9 Å². The van der Waals surface area contributed by atoms with Crippen molar-refractivity contribution < 1.29 is 18.0 Å². The molecule has 6 nitrogen and oxygen atoms in total. The van der Waals surface area contributed by atoms with E-state index in [9.17, 15) is 18.0 Å². The summed E-state index contributed by atoms with van der Waals surface area (Å²) in [5, 5.41) is 5.64. The first-order valence-corrected chi connectivity index (χ1v) is 11.4. The van der Waals surface area contributed by atoms with E-state index in [0.717, 1.165) is 19.3 Å². The number of rotatable bonds is 5. The zero-order valence-electron chi connectivity index (χ0n) is 14.6. The van der Waals surface area contributed by atoms with Crippen molar-refractivity contribution in [3.8, 4) is 0 Å². The highest BCUT2D eigenvalue weighted by Gasteiger charge is 2.54.